The second-order valence-electron chi connectivity index (χ2n) is 2.86. The smallest absolute Gasteiger partial charge is 0.343 e. The molecule has 15 heavy (non-hydrogen) atoms. The van der Waals surface area contributed by atoms with Crippen LogP contribution < -0.4 is 0 Å². The van der Waals surface area contributed by atoms with Crippen LogP contribution >= 0.6 is 0 Å². The highest BCUT2D eigenvalue weighted by Gasteiger charge is 2.16. The zero-order valence-electron chi connectivity index (χ0n) is 7.58. The van der Waals surface area contributed by atoms with Crippen molar-refractivity contribution < 1.29 is 15.0 Å². The molecule has 2 N–H and O–H groups in total. The summed E-state index contributed by atoms with van der Waals surface area (Å²) >= 11 is 0. The molecule has 0 atom stereocenters. The molecule has 0 saturated heterocycles. The Morgan fingerprint density at radius 1 is 1.33 bits per heavy atom. The van der Waals surface area contributed by atoms with Crippen molar-refractivity contribution in [3.63, 3.8) is 0 Å². The number of carboxylic acids is 1. The molecule has 5 nitrogen and oxygen atoms in total. The molecule has 0 aliphatic heterocycles. The van der Waals surface area contributed by atoms with Crippen molar-refractivity contribution in [3.05, 3.63) is 42.1 Å². The van der Waals surface area contributed by atoms with E-state index < -0.39 is 11.8 Å². The lowest BCUT2D eigenvalue weighted by Gasteiger charge is -2.01. The summed E-state index contributed by atoms with van der Waals surface area (Å²) in [4.78, 5) is 10.6. The van der Waals surface area contributed by atoms with Crippen LogP contribution in [0.5, 0.6) is 5.88 Å². The van der Waals surface area contributed by atoms with Gasteiger partial charge in [-0.15, -0.1) is 0 Å². The van der Waals surface area contributed by atoms with E-state index in [1.165, 1.54) is 0 Å². The number of aromatic hydroxyl groups is 1. The summed E-state index contributed by atoms with van der Waals surface area (Å²) in [6.07, 6.45) is 2.24. The molecule has 0 spiro atoms. The summed E-state index contributed by atoms with van der Waals surface area (Å²) in [6.45, 7) is 0. The molecule has 0 saturated carbocycles. The molecular formula is C10H7N2O3. The standard InChI is InChI=1S/C10H7N2O3/c13-9-8(10(14)15)6-11-12(9)7-4-2-1-3-5-7/h1-5,13H,(H,14,15). The third-order valence-electron chi connectivity index (χ3n) is 1.90. The van der Waals surface area contributed by atoms with Gasteiger partial charge in [0, 0.05) is 0 Å². The van der Waals surface area contributed by atoms with E-state index >= 15 is 0 Å². The Hall–Kier alpha value is -2.30. The van der Waals surface area contributed by atoms with Gasteiger partial charge in [-0.2, -0.15) is 9.78 Å². The predicted molar refractivity (Wildman–Crippen MR) is 51.0 cm³/mol. The molecule has 2 rings (SSSR count). The Morgan fingerprint density at radius 2 is 2.00 bits per heavy atom. The Kier molecular flexibility index (Phi) is 2.13. The number of carbonyl (C=O) groups is 1. The predicted octanol–water partition coefficient (Wildman–Crippen LogP) is 1.08. The molecule has 1 aromatic carbocycles. The van der Waals surface area contributed by atoms with Gasteiger partial charge in [-0.05, 0) is 12.1 Å². The zero-order valence-corrected chi connectivity index (χ0v) is 7.58. The summed E-state index contributed by atoms with van der Waals surface area (Å²) < 4.78 is 1.11. The summed E-state index contributed by atoms with van der Waals surface area (Å²) in [5.74, 6) is -1.68. The maximum atomic E-state index is 10.6. The van der Waals surface area contributed by atoms with Gasteiger partial charge >= 0.3 is 5.97 Å². The van der Waals surface area contributed by atoms with Crippen LogP contribution in [0.25, 0.3) is 5.69 Å². The Morgan fingerprint density at radius 3 is 2.53 bits per heavy atom. The molecule has 5 heteroatoms. The van der Waals surface area contributed by atoms with E-state index in [9.17, 15) is 9.90 Å². The van der Waals surface area contributed by atoms with Gasteiger partial charge in [0.25, 0.3) is 0 Å². The second kappa shape index (κ2) is 3.45. The quantitative estimate of drug-likeness (QED) is 0.765. The van der Waals surface area contributed by atoms with Crippen LogP contribution in [0.1, 0.15) is 10.4 Å². The van der Waals surface area contributed by atoms with Crippen LogP contribution in [0.15, 0.2) is 30.3 Å². The lowest BCUT2D eigenvalue weighted by molar-refractivity contribution is 0.0693. The van der Waals surface area contributed by atoms with Crippen molar-refractivity contribution in [2.24, 2.45) is 0 Å². The van der Waals surface area contributed by atoms with Crippen molar-refractivity contribution in [2.45, 2.75) is 0 Å². The number of aromatic nitrogens is 2. The molecule has 75 valence electrons. The van der Waals surface area contributed by atoms with E-state index in [0.717, 1.165) is 4.68 Å². The highest BCUT2D eigenvalue weighted by molar-refractivity contribution is 5.89. The fourth-order valence-corrected chi connectivity index (χ4v) is 1.20. The van der Waals surface area contributed by atoms with E-state index in [1.54, 1.807) is 24.3 Å². The van der Waals surface area contributed by atoms with Gasteiger partial charge in [0.1, 0.15) is 6.20 Å². The molecule has 1 radical (unpaired) electrons. The van der Waals surface area contributed by atoms with E-state index in [2.05, 4.69) is 11.3 Å². The fourth-order valence-electron chi connectivity index (χ4n) is 1.20. The van der Waals surface area contributed by atoms with Gasteiger partial charge in [-0.25, -0.2) is 4.79 Å². The summed E-state index contributed by atoms with van der Waals surface area (Å²) in [7, 11) is 0. The minimum atomic E-state index is -1.25. The van der Waals surface area contributed by atoms with Crippen LogP contribution in [0.4, 0.5) is 0 Å². The number of rotatable bonds is 2. The van der Waals surface area contributed by atoms with Crippen molar-refractivity contribution >= 4 is 5.97 Å². The lowest BCUT2D eigenvalue weighted by atomic mass is 10.3. The van der Waals surface area contributed by atoms with Gasteiger partial charge in [-0.1, -0.05) is 18.2 Å². The number of aromatic carboxylic acids is 1. The number of benzene rings is 1. The average Bonchev–Trinajstić information content (AvgIpc) is 2.61. The van der Waals surface area contributed by atoms with Crippen molar-refractivity contribution in [3.8, 4) is 11.6 Å². The van der Waals surface area contributed by atoms with Crippen molar-refractivity contribution in [2.75, 3.05) is 0 Å². The maximum absolute atomic E-state index is 10.6. The monoisotopic (exact) mass is 203 g/mol. The zero-order chi connectivity index (χ0) is 10.8. The van der Waals surface area contributed by atoms with Gasteiger partial charge in [0.05, 0.1) is 5.69 Å². The van der Waals surface area contributed by atoms with E-state index in [0.29, 0.717) is 5.69 Å². The number of hydrogen-bond donors (Lipinski definition) is 2. The molecule has 0 amide bonds. The maximum Gasteiger partial charge on any atom is 0.343 e. The molecule has 0 unspecified atom stereocenters. The first-order chi connectivity index (χ1) is 7.20. The first-order valence-corrected chi connectivity index (χ1v) is 4.18. The first kappa shape index (κ1) is 9.26. The van der Waals surface area contributed by atoms with E-state index in [-0.39, 0.29) is 5.56 Å². The summed E-state index contributed by atoms with van der Waals surface area (Å²) in [5.41, 5.74) is 0.248. The number of para-hydroxylation sites is 1. The van der Waals surface area contributed by atoms with Crippen LogP contribution in [0.2, 0.25) is 0 Å². The molecule has 0 fully saturated rings. The van der Waals surface area contributed by atoms with Crippen LogP contribution in [-0.2, 0) is 0 Å². The van der Waals surface area contributed by atoms with E-state index in [4.69, 9.17) is 5.11 Å². The SMILES string of the molecule is O=C(O)c1[c]nn(-c2ccccc2)c1O. The molecule has 2 aromatic rings. The Labute approximate surface area is 85.2 Å². The summed E-state index contributed by atoms with van der Waals surface area (Å²) in [6, 6.07) is 8.73. The summed E-state index contributed by atoms with van der Waals surface area (Å²) in [5, 5.41) is 21.9. The normalized spacial score (nSPS) is 10.1. The van der Waals surface area contributed by atoms with Gasteiger partial charge in [-0.3, -0.25) is 0 Å². The largest absolute Gasteiger partial charge is 0.493 e. The third-order valence-corrected chi connectivity index (χ3v) is 1.90. The molecule has 1 heterocycles. The molecular weight excluding hydrogens is 196 g/mol. The van der Waals surface area contributed by atoms with Crippen LogP contribution in [0, 0.1) is 6.20 Å². The topological polar surface area (TPSA) is 75.3 Å². The highest BCUT2D eigenvalue weighted by atomic mass is 16.4. The number of nitrogens with zero attached hydrogens (tertiary/aromatic N) is 2. The van der Waals surface area contributed by atoms with Gasteiger partial charge in [0.15, 0.2) is 5.56 Å². The van der Waals surface area contributed by atoms with Crippen LogP contribution in [-0.4, -0.2) is 26.0 Å². The minimum absolute atomic E-state index is 0.334. The average molecular weight is 203 g/mol. The molecule has 0 aliphatic rings. The van der Waals surface area contributed by atoms with Crippen molar-refractivity contribution in [1.29, 1.82) is 0 Å². The Balaban J connectivity index is 2.52. The molecule has 0 bridgehead atoms. The number of hydrogen-bond acceptors (Lipinski definition) is 3. The molecule has 1 aromatic heterocycles. The van der Waals surface area contributed by atoms with Gasteiger partial charge in [0.2, 0.25) is 5.88 Å². The highest BCUT2D eigenvalue weighted by Crippen LogP contribution is 2.19. The molecule has 0 aliphatic carbocycles. The Bertz CT molecular complexity index is 491. The van der Waals surface area contributed by atoms with Crippen molar-refractivity contribution in [1.82, 2.24) is 9.78 Å². The van der Waals surface area contributed by atoms with E-state index in [1.807, 2.05) is 6.07 Å². The van der Waals surface area contributed by atoms with Gasteiger partial charge < -0.3 is 10.2 Å². The second-order valence-corrected chi connectivity index (χ2v) is 2.86. The number of carboxylic acid groups (broad SMARTS) is 1. The minimum Gasteiger partial charge on any atom is -0.493 e. The van der Waals surface area contributed by atoms with Crippen LogP contribution in [0.3, 0.4) is 0 Å². The fraction of sp³-hybridized carbons (Fsp3) is 0. The lowest BCUT2D eigenvalue weighted by Crippen LogP contribution is -1.97. The first-order valence-electron chi connectivity index (χ1n) is 4.18. The third kappa shape index (κ3) is 1.54.